The first kappa shape index (κ1) is 24.3. The fraction of sp³-hybridized carbons (Fsp3) is 0.500. The molecule has 5 nitrogen and oxygen atoms in total. The summed E-state index contributed by atoms with van der Waals surface area (Å²) in [7, 11) is 0. The quantitative estimate of drug-likeness (QED) is 0.348. The lowest BCUT2D eigenvalue weighted by molar-refractivity contribution is -0.137. The summed E-state index contributed by atoms with van der Waals surface area (Å²) in [5.41, 5.74) is 0. The average Bonchev–Trinajstić information content (AvgIpc) is 3.20. The van der Waals surface area contributed by atoms with E-state index < -0.39 is 18.0 Å². The first-order valence-electron chi connectivity index (χ1n) is 11.0. The van der Waals surface area contributed by atoms with Gasteiger partial charge in [0.05, 0.1) is 10.9 Å². The Kier molecular flexibility index (Phi) is 8.37. The SMILES string of the molecule is O=C(O)CCCCCCN1C(=O)CCC[C@@H]1/C=C/C(O)C(F)(F)c1cc2ccccc2s1. The summed E-state index contributed by atoms with van der Waals surface area (Å²) in [5.74, 6) is -4.25. The number of alkyl halides is 2. The number of thiophene rings is 1. The lowest BCUT2D eigenvalue weighted by Crippen LogP contribution is -2.43. The number of nitrogens with zero attached hydrogens (tertiary/aromatic N) is 1. The Morgan fingerprint density at radius 1 is 1.25 bits per heavy atom. The van der Waals surface area contributed by atoms with Crippen molar-refractivity contribution in [2.45, 2.75) is 69.4 Å². The molecule has 1 aromatic heterocycles. The van der Waals surface area contributed by atoms with Crippen molar-refractivity contribution < 1.29 is 28.6 Å². The lowest BCUT2D eigenvalue weighted by Gasteiger charge is -2.34. The highest BCUT2D eigenvalue weighted by molar-refractivity contribution is 7.19. The van der Waals surface area contributed by atoms with Crippen LogP contribution >= 0.6 is 11.3 Å². The van der Waals surface area contributed by atoms with Crippen LogP contribution < -0.4 is 0 Å². The van der Waals surface area contributed by atoms with Crippen LogP contribution in [0.4, 0.5) is 8.78 Å². The highest BCUT2D eigenvalue weighted by Crippen LogP contribution is 2.40. The van der Waals surface area contributed by atoms with Gasteiger partial charge < -0.3 is 15.1 Å². The Bertz CT molecular complexity index is 925. The molecule has 1 aliphatic rings. The highest BCUT2D eigenvalue weighted by atomic mass is 32.1. The van der Waals surface area contributed by atoms with Crippen LogP contribution in [0.2, 0.25) is 0 Å². The molecule has 0 aliphatic carbocycles. The normalized spacial score (nSPS) is 18.5. The van der Waals surface area contributed by atoms with E-state index in [0.29, 0.717) is 32.2 Å². The van der Waals surface area contributed by atoms with E-state index in [1.165, 1.54) is 12.1 Å². The summed E-state index contributed by atoms with van der Waals surface area (Å²) < 4.78 is 30.5. The Balaban J connectivity index is 1.60. The molecule has 0 radical (unpaired) electrons. The van der Waals surface area contributed by atoms with E-state index >= 15 is 0 Å². The average molecular weight is 466 g/mol. The number of carboxylic acid groups (broad SMARTS) is 1. The number of amides is 1. The fourth-order valence-electron chi connectivity index (χ4n) is 4.00. The molecule has 1 aliphatic heterocycles. The summed E-state index contributed by atoms with van der Waals surface area (Å²) in [6.07, 6.45) is 5.51. The minimum absolute atomic E-state index is 0.0119. The zero-order chi connectivity index (χ0) is 23.1. The molecule has 0 bridgehead atoms. The van der Waals surface area contributed by atoms with Gasteiger partial charge in [-0.2, -0.15) is 8.78 Å². The number of aliphatic hydroxyl groups excluding tert-OH is 1. The number of halogens is 2. The van der Waals surface area contributed by atoms with Crippen LogP contribution in [0.1, 0.15) is 56.2 Å². The summed E-state index contributed by atoms with van der Waals surface area (Å²) in [4.78, 5) is 24.5. The van der Waals surface area contributed by atoms with Crippen molar-refractivity contribution in [3.05, 3.63) is 47.4 Å². The van der Waals surface area contributed by atoms with Crippen molar-refractivity contribution in [2.24, 2.45) is 0 Å². The number of unbranched alkanes of at least 4 members (excludes halogenated alkanes) is 3. The minimum Gasteiger partial charge on any atom is -0.481 e. The third-order valence-electron chi connectivity index (χ3n) is 5.79. The molecule has 0 saturated carbocycles. The predicted octanol–water partition coefficient (Wildman–Crippen LogP) is 5.33. The third-order valence-corrected chi connectivity index (χ3v) is 6.99. The second-order valence-electron chi connectivity index (χ2n) is 8.21. The molecule has 2 N–H and O–H groups in total. The van der Waals surface area contributed by atoms with E-state index in [4.69, 9.17) is 5.11 Å². The van der Waals surface area contributed by atoms with Gasteiger partial charge in [0, 0.05) is 24.1 Å². The van der Waals surface area contributed by atoms with E-state index in [9.17, 15) is 23.5 Å². The number of carbonyl (C=O) groups is 2. The molecule has 1 amide bonds. The minimum atomic E-state index is -3.42. The van der Waals surface area contributed by atoms with E-state index in [0.717, 1.165) is 46.8 Å². The smallest absolute Gasteiger partial charge is 0.311 e. The summed E-state index contributed by atoms with van der Waals surface area (Å²) >= 11 is 0.969. The molecule has 3 rings (SSSR count). The van der Waals surface area contributed by atoms with Crippen molar-refractivity contribution in [3.63, 3.8) is 0 Å². The van der Waals surface area contributed by atoms with Crippen LogP contribution in [0, 0.1) is 0 Å². The summed E-state index contributed by atoms with van der Waals surface area (Å²) in [6, 6.07) is 8.21. The maximum atomic E-state index is 14.9. The predicted molar refractivity (Wildman–Crippen MR) is 121 cm³/mol. The Labute approximate surface area is 190 Å². The number of aliphatic carboxylic acids is 1. The van der Waals surface area contributed by atoms with Crippen LogP contribution in [-0.2, 0) is 15.5 Å². The van der Waals surface area contributed by atoms with Crippen molar-refractivity contribution in [1.29, 1.82) is 0 Å². The number of carboxylic acids is 1. The van der Waals surface area contributed by atoms with Gasteiger partial charge in [-0.3, -0.25) is 9.59 Å². The van der Waals surface area contributed by atoms with Gasteiger partial charge in [0.15, 0.2) is 0 Å². The van der Waals surface area contributed by atoms with E-state index in [-0.39, 0.29) is 23.2 Å². The number of likely N-dealkylation sites (tertiary alicyclic amines) is 1. The van der Waals surface area contributed by atoms with Gasteiger partial charge in [-0.25, -0.2) is 0 Å². The number of fused-ring (bicyclic) bond motifs is 1. The van der Waals surface area contributed by atoms with Gasteiger partial charge >= 0.3 is 11.9 Å². The Morgan fingerprint density at radius 3 is 2.75 bits per heavy atom. The summed E-state index contributed by atoms with van der Waals surface area (Å²) in [6.45, 7) is 0.504. The fourth-order valence-corrected chi connectivity index (χ4v) is 5.07. The number of benzene rings is 1. The van der Waals surface area contributed by atoms with E-state index in [1.807, 2.05) is 0 Å². The van der Waals surface area contributed by atoms with Crippen molar-refractivity contribution in [3.8, 4) is 0 Å². The van der Waals surface area contributed by atoms with Crippen LogP contribution in [0.25, 0.3) is 10.1 Å². The first-order chi connectivity index (χ1) is 15.3. The monoisotopic (exact) mass is 465 g/mol. The highest BCUT2D eigenvalue weighted by Gasteiger charge is 2.41. The van der Waals surface area contributed by atoms with Gasteiger partial charge in [0.2, 0.25) is 5.91 Å². The molecular formula is C24H29F2NO4S. The number of piperidine rings is 1. The topological polar surface area (TPSA) is 77.8 Å². The lowest BCUT2D eigenvalue weighted by atomic mass is 9.99. The van der Waals surface area contributed by atoms with Crippen LogP contribution in [0.15, 0.2) is 42.5 Å². The number of aliphatic hydroxyl groups is 1. The molecule has 1 aromatic carbocycles. The molecule has 1 saturated heterocycles. The number of carbonyl (C=O) groups excluding carboxylic acids is 1. The molecule has 2 heterocycles. The molecule has 0 spiro atoms. The van der Waals surface area contributed by atoms with Crippen LogP contribution in [0.5, 0.6) is 0 Å². The van der Waals surface area contributed by atoms with Crippen molar-refractivity contribution in [2.75, 3.05) is 6.54 Å². The number of rotatable bonds is 11. The van der Waals surface area contributed by atoms with E-state index in [2.05, 4.69) is 0 Å². The number of hydrogen-bond donors (Lipinski definition) is 2. The third kappa shape index (κ3) is 6.13. The van der Waals surface area contributed by atoms with Crippen molar-refractivity contribution >= 4 is 33.3 Å². The molecule has 1 unspecified atom stereocenters. The zero-order valence-corrected chi connectivity index (χ0v) is 18.7. The van der Waals surface area contributed by atoms with Crippen molar-refractivity contribution in [1.82, 2.24) is 4.90 Å². The van der Waals surface area contributed by atoms with Gasteiger partial charge in [-0.05, 0) is 43.2 Å². The maximum absolute atomic E-state index is 14.9. The second-order valence-corrected chi connectivity index (χ2v) is 9.29. The molecular weight excluding hydrogens is 436 g/mol. The molecule has 32 heavy (non-hydrogen) atoms. The van der Waals surface area contributed by atoms with Crippen LogP contribution in [0.3, 0.4) is 0 Å². The van der Waals surface area contributed by atoms with Gasteiger partial charge in [0.25, 0.3) is 0 Å². The zero-order valence-electron chi connectivity index (χ0n) is 17.9. The van der Waals surface area contributed by atoms with E-state index in [1.54, 1.807) is 29.2 Å². The number of hydrogen-bond acceptors (Lipinski definition) is 4. The van der Waals surface area contributed by atoms with Crippen LogP contribution in [-0.4, -0.2) is 45.7 Å². The second kappa shape index (κ2) is 11.0. The largest absolute Gasteiger partial charge is 0.481 e. The molecule has 174 valence electrons. The Hall–Kier alpha value is -2.32. The van der Waals surface area contributed by atoms with Gasteiger partial charge in [-0.15, -0.1) is 11.3 Å². The molecule has 2 aromatic rings. The molecule has 1 fully saturated rings. The standard InChI is InChI=1S/C24H29F2NO4S/c25-24(26,21-16-17-8-4-5-10-19(17)32-21)20(28)14-13-18-9-7-11-22(29)27(18)15-6-2-1-3-12-23(30)31/h4-5,8,10,13-14,16,18,20,28H,1-3,6-7,9,11-12,15H2,(H,30,31)/b14-13+/t18-,20?/m1/s1. The Morgan fingerprint density at radius 2 is 2.00 bits per heavy atom. The van der Waals surface area contributed by atoms with Gasteiger partial charge in [-0.1, -0.05) is 43.2 Å². The first-order valence-corrected chi connectivity index (χ1v) is 11.8. The maximum Gasteiger partial charge on any atom is 0.311 e. The molecule has 2 atom stereocenters. The summed E-state index contributed by atoms with van der Waals surface area (Å²) in [5, 5.41) is 19.7. The molecule has 8 heteroatoms. The van der Waals surface area contributed by atoms with Gasteiger partial charge in [0.1, 0.15) is 6.10 Å².